The molecule has 7 heteroatoms. The maximum absolute atomic E-state index is 13.2. The number of carbonyl (C=O) groups excluding carboxylic acids is 1. The van der Waals surface area contributed by atoms with E-state index in [0.717, 1.165) is 6.07 Å². The van der Waals surface area contributed by atoms with Crippen LogP contribution in [0.5, 0.6) is 0 Å². The number of nitro benzene ring substituents is 1. The molecule has 19 heavy (non-hydrogen) atoms. The highest BCUT2D eigenvalue weighted by molar-refractivity contribution is 5.75. The van der Waals surface area contributed by atoms with Crippen LogP contribution in [0.3, 0.4) is 0 Å². The van der Waals surface area contributed by atoms with E-state index in [4.69, 9.17) is 4.74 Å². The third-order valence-corrected chi connectivity index (χ3v) is 2.41. The van der Waals surface area contributed by atoms with E-state index in [9.17, 15) is 19.3 Å². The minimum absolute atomic E-state index is 0.137. The largest absolute Gasteiger partial charge is 0.465 e. The fourth-order valence-corrected chi connectivity index (χ4v) is 1.46. The zero-order chi connectivity index (χ0) is 14.4. The second-order valence-electron chi connectivity index (χ2n) is 3.93. The highest BCUT2D eigenvalue weighted by atomic mass is 19.1. The minimum atomic E-state index is -0.685. The molecule has 0 saturated carbocycles. The van der Waals surface area contributed by atoms with Gasteiger partial charge in [-0.05, 0) is 25.5 Å². The molecule has 0 aliphatic heterocycles. The molecule has 0 radical (unpaired) electrons. The fraction of sp³-hybridized carbons (Fsp3) is 0.417. The van der Waals surface area contributed by atoms with Gasteiger partial charge in [0.1, 0.15) is 11.9 Å². The molecule has 1 aromatic carbocycles. The topological polar surface area (TPSA) is 81.5 Å². The molecule has 0 heterocycles. The molecule has 1 N–H and O–H groups in total. The maximum Gasteiger partial charge on any atom is 0.322 e. The Morgan fingerprint density at radius 1 is 1.53 bits per heavy atom. The van der Waals surface area contributed by atoms with Gasteiger partial charge in [0.2, 0.25) is 0 Å². The molecule has 0 amide bonds. The van der Waals surface area contributed by atoms with E-state index in [0.29, 0.717) is 5.56 Å². The Labute approximate surface area is 109 Å². The van der Waals surface area contributed by atoms with Crippen LogP contribution in [0, 0.1) is 15.9 Å². The molecule has 0 saturated heterocycles. The molecule has 0 aliphatic rings. The monoisotopic (exact) mass is 270 g/mol. The third kappa shape index (κ3) is 4.63. The summed E-state index contributed by atoms with van der Waals surface area (Å²) in [6, 6.07) is 2.71. The Balaban J connectivity index is 2.67. The van der Waals surface area contributed by atoms with Crippen LogP contribution in [-0.2, 0) is 16.1 Å². The zero-order valence-corrected chi connectivity index (χ0v) is 10.7. The number of nitrogens with one attached hydrogen (secondary N) is 1. The molecule has 0 aliphatic carbocycles. The number of ether oxygens (including phenoxy) is 1. The second kappa shape index (κ2) is 6.79. The number of non-ortho nitro benzene ring substituents is 1. The number of nitro groups is 1. The number of benzene rings is 1. The second-order valence-corrected chi connectivity index (χ2v) is 3.93. The van der Waals surface area contributed by atoms with Gasteiger partial charge in [-0.3, -0.25) is 14.9 Å². The number of hydrogen-bond acceptors (Lipinski definition) is 5. The number of esters is 1. The number of nitrogens with zero attached hydrogens (tertiary/aromatic N) is 1. The Kier molecular flexibility index (Phi) is 5.37. The number of carbonyl (C=O) groups is 1. The highest BCUT2D eigenvalue weighted by Crippen LogP contribution is 2.16. The first-order valence-corrected chi connectivity index (χ1v) is 5.78. The van der Waals surface area contributed by atoms with Gasteiger partial charge in [-0.1, -0.05) is 0 Å². The quantitative estimate of drug-likeness (QED) is 0.484. The van der Waals surface area contributed by atoms with Crippen molar-refractivity contribution in [3.05, 3.63) is 39.7 Å². The van der Waals surface area contributed by atoms with Gasteiger partial charge >= 0.3 is 5.97 Å². The lowest BCUT2D eigenvalue weighted by Gasteiger charge is -2.12. The van der Waals surface area contributed by atoms with E-state index in [1.54, 1.807) is 13.8 Å². The van der Waals surface area contributed by atoms with Crippen molar-refractivity contribution >= 4 is 11.7 Å². The molecule has 6 nitrogen and oxygen atoms in total. The Hall–Kier alpha value is -2.02. The lowest BCUT2D eigenvalue weighted by atomic mass is 10.2. The number of halogens is 1. The summed E-state index contributed by atoms with van der Waals surface area (Å²) in [5.41, 5.74) is 0.0726. The van der Waals surface area contributed by atoms with Gasteiger partial charge in [0, 0.05) is 12.6 Å². The Bertz CT molecular complexity index is 479. The van der Waals surface area contributed by atoms with E-state index in [2.05, 4.69) is 5.32 Å². The van der Waals surface area contributed by atoms with E-state index in [1.807, 2.05) is 0 Å². The molecule has 0 aromatic heterocycles. The summed E-state index contributed by atoms with van der Waals surface area (Å²) in [5, 5.41) is 13.4. The fourth-order valence-electron chi connectivity index (χ4n) is 1.46. The summed E-state index contributed by atoms with van der Waals surface area (Å²) in [6.45, 7) is 3.71. The van der Waals surface area contributed by atoms with Crippen LogP contribution in [0.25, 0.3) is 0 Å². The predicted octanol–water partition coefficient (Wildman–Crippen LogP) is 1.78. The van der Waals surface area contributed by atoms with Crippen molar-refractivity contribution in [1.29, 1.82) is 0 Å². The molecule has 104 valence electrons. The SMILES string of the molecule is CCOC(=O)C(C)NCc1cc(F)cc([N+](=O)[O-])c1. The molecular formula is C12H15FN2O4. The van der Waals surface area contributed by atoms with Crippen LogP contribution in [0.4, 0.5) is 10.1 Å². The van der Waals surface area contributed by atoms with Crippen molar-refractivity contribution in [1.82, 2.24) is 5.32 Å². The molecule has 0 fully saturated rings. The van der Waals surface area contributed by atoms with Crippen molar-refractivity contribution in [2.45, 2.75) is 26.4 Å². The van der Waals surface area contributed by atoms with Gasteiger partial charge in [-0.15, -0.1) is 0 Å². The normalized spacial score (nSPS) is 11.9. The van der Waals surface area contributed by atoms with Gasteiger partial charge in [0.05, 0.1) is 17.6 Å². The van der Waals surface area contributed by atoms with Crippen LogP contribution >= 0.6 is 0 Å². The van der Waals surface area contributed by atoms with Crippen LogP contribution in [0.15, 0.2) is 18.2 Å². The van der Waals surface area contributed by atoms with Gasteiger partial charge in [0.25, 0.3) is 5.69 Å². The Morgan fingerprint density at radius 3 is 2.79 bits per heavy atom. The molecule has 0 spiro atoms. The van der Waals surface area contributed by atoms with Crippen molar-refractivity contribution in [2.24, 2.45) is 0 Å². The molecule has 1 aromatic rings. The zero-order valence-electron chi connectivity index (χ0n) is 10.7. The van der Waals surface area contributed by atoms with Crippen LogP contribution in [0.1, 0.15) is 19.4 Å². The Morgan fingerprint density at radius 2 is 2.21 bits per heavy atom. The van der Waals surface area contributed by atoms with Gasteiger partial charge < -0.3 is 10.1 Å². The first kappa shape index (κ1) is 15.0. The van der Waals surface area contributed by atoms with Gasteiger partial charge in [0.15, 0.2) is 0 Å². The van der Waals surface area contributed by atoms with Crippen LogP contribution < -0.4 is 5.32 Å². The summed E-state index contributed by atoms with van der Waals surface area (Å²) in [7, 11) is 0. The molecule has 1 atom stereocenters. The summed E-state index contributed by atoms with van der Waals surface area (Å²) >= 11 is 0. The van der Waals surface area contributed by atoms with E-state index >= 15 is 0 Å². The summed E-state index contributed by atoms with van der Waals surface area (Å²) in [6.07, 6.45) is 0. The van der Waals surface area contributed by atoms with E-state index in [1.165, 1.54) is 12.1 Å². The standard InChI is InChI=1S/C12H15FN2O4/c1-3-19-12(16)8(2)14-7-9-4-10(13)6-11(5-9)15(17)18/h4-6,8,14H,3,7H2,1-2H3. The number of rotatable bonds is 6. The molecular weight excluding hydrogens is 255 g/mol. The van der Waals surface area contributed by atoms with Crippen LogP contribution in [0.2, 0.25) is 0 Å². The number of hydrogen-bond donors (Lipinski definition) is 1. The smallest absolute Gasteiger partial charge is 0.322 e. The first-order valence-electron chi connectivity index (χ1n) is 5.78. The highest BCUT2D eigenvalue weighted by Gasteiger charge is 2.14. The molecule has 1 rings (SSSR count). The van der Waals surface area contributed by atoms with E-state index in [-0.39, 0.29) is 18.8 Å². The van der Waals surface area contributed by atoms with Crippen molar-refractivity contribution in [3.63, 3.8) is 0 Å². The average molecular weight is 270 g/mol. The van der Waals surface area contributed by atoms with Crippen molar-refractivity contribution in [3.8, 4) is 0 Å². The maximum atomic E-state index is 13.2. The predicted molar refractivity (Wildman–Crippen MR) is 66.0 cm³/mol. The lowest BCUT2D eigenvalue weighted by molar-refractivity contribution is -0.385. The van der Waals surface area contributed by atoms with Crippen LogP contribution in [-0.4, -0.2) is 23.5 Å². The first-order chi connectivity index (χ1) is 8.93. The van der Waals surface area contributed by atoms with Gasteiger partial charge in [-0.25, -0.2) is 4.39 Å². The lowest BCUT2D eigenvalue weighted by Crippen LogP contribution is -2.34. The van der Waals surface area contributed by atoms with E-state index < -0.39 is 22.8 Å². The molecule has 0 bridgehead atoms. The minimum Gasteiger partial charge on any atom is -0.465 e. The van der Waals surface area contributed by atoms with Crippen molar-refractivity contribution in [2.75, 3.05) is 6.61 Å². The van der Waals surface area contributed by atoms with Crippen molar-refractivity contribution < 1.29 is 18.8 Å². The summed E-state index contributed by atoms with van der Waals surface area (Å²) in [4.78, 5) is 21.3. The van der Waals surface area contributed by atoms with Gasteiger partial charge in [-0.2, -0.15) is 0 Å². The summed E-state index contributed by atoms with van der Waals surface area (Å²) < 4.78 is 18.0. The molecule has 1 unspecified atom stereocenters. The third-order valence-electron chi connectivity index (χ3n) is 2.41. The average Bonchev–Trinajstić information content (AvgIpc) is 2.35. The summed E-state index contributed by atoms with van der Waals surface area (Å²) in [5.74, 6) is -1.11.